The van der Waals surface area contributed by atoms with Crippen molar-refractivity contribution in [3.8, 4) is 0 Å². The summed E-state index contributed by atoms with van der Waals surface area (Å²) in [5, 5.41) is 0. The minimum absolute atomic E-state index is 0.134. The molecule has 0 N–H and O–H groups in total. The third kappa shape index (κ3) is 10.5. The normalized spacial score (nSPS) is 12.7. The van der Waals surface area contributed by atoms with Gasteiger partial charge in [0.15, 0.2) is 0 Å². The summed E-state index contributed by atoms with van der Waals surface area (Å²) in [6, 6.07) is 0. The maximum atomic E-state index is 11.5. The highest BCUT2D eigenvalue weighted by atomic mass is 16.5. The van der Waals surface area contributed by atoms with Crippen LogP contribution in [-0.2, 0) is 14.3 Å². The predicted molar refractivity (Wildman–Crippen MR) is 82.5 cm³/mol. The summed E-state index contributed by atoms with van der Waals surface area (Å²) in [5.74, 6) is 0.212. The van der Waals surface area contributed by atoms with Crippen molar-refractivity contribution in [2.45, 2.75) is 60.3 Å². The number of Topliss-reactive ketones (excluding diaryl/α,β-unsaturated/α-hetero) is 1. The number of rotatable bonds is 9. The molecule has 20 heavy (non-hydrogen) atoms. The molecule has 0 saturated carbocycles. The van der Waals surface area contributed by atoms with Gasteiger partial charge in [0, 0.05) is 19.3 Å². The number of hydrogen-bond donors (Lipinski definition) is 0. The molecule has 0 aliphatic carbocycles. The SMILES string of the molecule is CC(=O)OCC=C(C)CCC=C(C)CCC(=O)C(C)C. The zero-order valence-electron chi connectivity index (χ0n) is 13.5. The molecular weight excluding hydrogens is 252 g/mol. The molecule has 3 heteroatoms. The molecule has 0 saturated heterocycles. The molecule has 0 rings (SSSR count). The van der Waals surface area contributed by atoms with Crippen LogP contribution in [0.25, 0.3) is 0 Å². The van der Waals surface area contributed by atoms with Crippen LogP contribution in [0.5, 0.6) is 0 Å². The van der Waals surface area contributed by atoms with Crippen LogP contribution in [0.1, 0.15) is 60.3 Å². The molecule has 0 bridgehead atoms. The van der Waals surface area contributed by atoms with Crippen molar-refractivity contribution < 1.29 is 14.3 Å². The van der Waals surface area contributed by atoms with E-state index in [1.807, 2.05) is 26.8 Å². The highest BCUT2D eigenvalue weighted by molar-refractivity contribution is 5.80. The van der Waals surface area contributed by atoms with Crippen molar-refractivity contribution in [2.75, 3.05) is 6.61 Å². The highest BCUT2D eigenvalue weighted by Gasteiger charge is 2.06. The molecule has 3 nitrogen and oxygen atoms in total. The second-order valence-electron chi connectivity index (χ2n) is 5.56. The number of hydrogen-bond acceptors (Lipinski definition) is 3. The third-order valence-corrected chi connectivity index (χ3v) is 3.16. The number of allylic oxidation sites excluding steroid dienone is 3. The molecule has 0 aliphatic rings. The van der Waals surface area contributed by atoms with E-state index in [0.717, 1.165) is 19.3 Å². The average molecular weight is 280 g/mol. The first kappa shape index (κ1) is 18.6. The largest absolute Gasteiger partial charge is 0.462 e. The standard InChI is InChI=1S/C17H28O3/c1-13(2)17(19)10-9-14(3)7-6-8-15(4)11-12-20-16(5)18/h7,11,13H,6,8-10,12H2,1-5H3. The number of esters is 1. The molecule has 0 radical (unpaired) electrons. The molecule has 0 aromatic rings. The summed E-state index contributed by atoms with van der Waals surface area (Å²) >= 11 is 0. The number of carbonyl (C=O) groups is 2. The molecule has 0 unspecified atom stereocenters. The molecule has 0 heterocycles. The predicted octanol–water partition coefficient (Wildman–Crippen LogP) is 4.23. The van der Waals surface area contributed by atoms with Crippen LogP contribution in [0.4, 0.5) is 0 Å². The van der Waals surface area contributed by atoms with Gasteiger partial charge in [-0.1, -0.05) is 31.1 Å². The van der Waals surface area contributed by atoms with Crippen LogP contribution in [-0.4, -0.2) is 18.4 Å². The van der Waals surface area contributed by atoms with Gasteiger partial charge in [-0.2, -0.15) is 0 Å². The molecule has 0 spiro atoms. The first-order valence-corrected chi connectivity index (χ1v) is 7.30. The first-order valence-electron chi connectivity index (χ1n) is 7.30. The van der Waals surface area contributed by atoms with Gasteiger partial charge in [-0.3, -0.25) is 9.59 Å². The van der Waals surface area contributed by atoms with Gasteiger partial charge in [-0.25, -0.2) is 0 Å². The Hall–Kier alpha value is -1.38. The van der Waals surface area contributed by atoms with Crippen LogP contribution >= 0.6 is 0 Å². The van der Waals surface area contributed by atoms with Gasteiger partial charge < -0.3 is 4.74 Å². The van der Waals surface area contributed by atoms with Gasteiger partial charge in [-0.15, -0.1) is 0 Å². The Morgan fingerprint density at radius 3 is 2.10 bits per heavy atom. The fourth-order valence-electron chi connectivity index (χ4n) is 1.66. The molecule has 0 aromatic heterocycles. The molecule has 0 aromatic carbocycles. The van der Waals surface area contributed by atoms with Crippen LogP contribution in [0.2, 0.25) is 0 Å². The van der Waals surface area contributed by atoms with Gasteiger partial charge in [0.1, 0.15) is 12.4 Å². The van der Waals surface area contributed by atoms with Gasteiger partial charge in [-0.05, 0) is 39.2 Å². The van der Waals surface area contributed by atoms with Crippen molar-refractivity contribution in [1.29, 1.82) is 0 Å². The van der Waals surface area contributed by atoms with Gasteiger partial charge >= 0.3 is 5.97 Å². The summed E-state index contributed by atoms with van der Waals surface area (Å²) in [6.07, 6.45) is 7.54. The maximum Gasteiger partial charge on any atom is 0.302 e. The van der Waals surface area contributed by atoms with Crippen LogP contribution in [0.3, 0.4) is 0 Å². The summed E-state index contributed by atoms with van der Waals surface area (Å²) in [4.78, 5) is 22.1. The van der Waals surface area contributed by atoms with Crippen LogP contribution < -0.4 is 0 Å². The van der Waals surface area contributed by atoms with E-state index in [9.17, 15) is 9.59 Å². The minimum atomic E-state index is -0.250. The average Bonchev–Trinajstić information content (AvgIpc) is 2.35. The molecule has 0 fully saturated rings. The quantitative estimate of drug-likeness (QED) is 0.469. The molecule has 0 atom stereocenters. The Morgan fingerprint density at radius 2 is 1.55 bits per heavy atom. The number of ketones is 1. The molecule has 114 valence electrons. The Labute approximate surface area is 123 Å². The minimum Gasteiger partial charge on any atom is -0.462 e. The molecular formula is C17H28O3. The second-order valence-corrected chi connectivity index (χ2v) is 5.56. The zero-order valence-corrected chi connectivity index (χ0v) is 13.5. The fraction of sp³-hybridized carbons (Fsp3) is 0.647. The zero-order chi connectivity index (χ0) is 15.5. The van der Waals surface area contributed by atoms with E-state index in [-0.39, 0.29) is 11.9 Å². The Kier molecular flexibility index (Phi) is 9.69. The smallest absolute Gasteiger partial charge is 0.302 e. The maximum absolute atomic E-state index is 11.5. The van der Waals surface area contributed by atoms with E-state index in [1.165, 1.54) is 18.1 Å². The third-order valence-electron chi connectivity index (χ3n) is 3.16. The van der Waals surface area contributed by atoms with E-state index < -0.39 is 0 Å². The van der Waals surface area contributed by atoms with Crippen molar-refractivity contribution in [3.05, 3.63) is 23.3 Å². The van der Waals surface area contributed by atoms with Crippen molar-refractivity contribution in [2.24, 2.45) is 5.92 Å². The van der Waals surface area contributed by atoms with Crippen molar-refractivity contribution >= 4 is 11.8 Å². The van der Waals surface area contributed by atoms with E-state index in [1.54, 1.807) is 0 Å². The van der Waals surface area contributed by atoms with Crippen molar-refractivity contribution in [1.82, 2.24) is 0 Å². The van der Waals surface area contributed by atoms with E-state index in [0.29, 0.717) is 18.8 Å². The van der Waals surface area contributed by atoms with E-state index in [4.69, 9.17) is 4.74 Å². The summed E-state index contributed by atoms with van der Waals surface area (Å²) in [5.41, 5.74) is 2.49. The highest BCUT2D eigenvalue weighted by Crippen LogP contribution is 2.12. The fourth-order valence-corrected chi connectivity index (χ4v) is 1.66. The summed E-state index contributed by atoms with van der Waals surface area (Å²) in [7, 11) is 0. The Morgan fingerprint density at radius 1 is 0.950 bits per heavy atom. The van der Waals surface area contributed by atoms with E-state index in [2.05, 4.69) is 13.0 Å². The van der Waals surface area contributed by atoms with Crippen LogP contribution in [0, 0.1) is 5.92 Å². The lowest BCUT2D eigenvalue weighted by Gasteiger charge is -2.05. The van der Waals surface area contributed by atoms with Gasteiger partial charge in [0.2, 0.25) is 0 Å². The molecule has 0 aliphatic heterocycles. The first-order chi connectivity index (χ1) is 9.32. The lowest BCUT2D eigenvalue weighted by Crippen LogP contribution is -2.06. The monoisotopic (exact) mass is 280 g/mol. The summed E-state index contributed by atoms with van der Waals surface area (Å²) in [6.45, 7) is 9.76. The Bertz CT molecular complexity index is 376. The van der Waals surface area contributed by atoms with Crippen LogP contribution in [0.15, 0.2) is 23.3 Å². The topological polar surface area (TPSA) is 43.4 Å². The number of carbonyl (C=O) groups excluding carboxylic acids is 2. The second kappa shape index (κ2) is 10.4. The summed E-state index contributed by atoms with van der Waals surface area (Å²) < 4.78 is 4.86. The Balaban J connectivity index is 3.92. The van der Waals surface area contributed by atoms with Gasteiger partial charge in [0.25, 0.3) is 0 Å². The molecule has 0 amide bonds. The van der Waals surface area contributed by atoms with Crippen molar-refractivity contribution in [3.63, 3.8) is 0 Å². The van der Waals surface area contributed by atoms with E-state index >= 15 is 0 Å². The van der Waals surface area contributed by atoms with Gasteiger partial charge in [0.05, 0.1) is 0 Å². The lowest BCUT2D eigenvalue weighted by atomic mass is 10.0. The lowest BCUT2D eigenvalue weighted by molar-refractivity contribution is -0.139. The number of ether oxygens (including phenoxy) is 1.